The summed E-state index contributed by atoms with van der Waals surface area (Å²) in [5.74, 6) is -0.162. The lowest BCUT2D eigenvalue weighted by Gasteiger charge is -2.30. The summed E-state index contributed by atoms with van der Waals surface area (Å²) in [6.45, 7) is 4.70. The number of unbranched alkanes of at least 4 members (excludes halogenated alkanes) is 37. The van der Waals surface area contributed by atoms with Crippen molar-refractivity contribution in [1.29, 1.82) is 0 Å². The van der Waals surface area contributed by atoms with Crippen LogP contribution in [0.4, 0.5) is 0 Å². The lowest BCUT2D eigenvalue weighted by atomic mass is 10.0. The van der Waals surface area contributed by atoms with Crippen molar-refractivity contribution in [3.05, 3.63) is 36.5 Å². The number of aliphatic hydroxyl groups excluding tert-OH is 1. The Morgan fingerprint density at radius 1 is 0.500 bits per heavy atom. The highest BCUT2D eigenvalue weighted by molar-refractivity contribution is 7.45. The molecule has 0 aromatic rings. The highest BCUT2D eigenvalue weighted by atomic mass is 31.2. The van der Waals surface area contributed by atoms with Gasteiger partial charge in [-0.05, 0) is 51.4 Å². The molecule has 0 saturated heterocycles. The SMILES string of the molecule is CCCCCCC/C=C\C/C=C\C/C=C\CCCCCCCCCCCCCCCCCCCCCCCCCCC(=O)NC(COP(=O)([O-])OCC[N+](C)(C)C)C(O)CCCCCCCCCCC. The van der Waals surface area contributed by atoms with Crippen molar-refractivity contribution in [3.8, 4) is 0 Å². The molecule has 3 unspecified atom stereocenters. The van der Waals surface area contributed by atoms with Gasteiger partial charge in [0.1, 0.15) is 13.2 Å². The molecule has 0 rings (SSSR count). The molecule has 3 atom stereocenters. The van der Waals surface area contributed by atoms with Gasteiger partial charge < -0.3 is 28.8 Å². The number of rotatable bonds is 56. The number of allylic oxidation sites excluding steroid dienone is 6. The molecule has 0 aromatic carbocycles. The van der Waals surface area contributed by atoms with Crippen LogP contribution >= 0.6 is 7.82 Å². The fourth-order valence-electron chi connectivity index (χ4n) is 9.11. The highest BCUT2D eigenvalue weighted by Crippen LogP contribution is 2.38. The van der Waals surface area contributed by atoms with Crippen LogP contribution in [0, 0.1) is 0 Å². The van der Waals surface area contributed by atoms with E-state index in [2.05, 4.69) is 55.6 Å². The van der Waals surface area contributed by atoms with Crippen LogP contribution in [-0.4, -0.2) is 68.5 Å². The first kappa shape index (κ1) is 68.7. The second-order valence-corrected chi connectivity index (χ2v) is 23.5. The maximum absolute atomic E-state index is 12.9. The summed E-state index contributed by atoms with van der Waals surface area (Å²) >= 11 is 0. The number of hydrogen-bond donors (Lipinski definition) is 2. The predicted octanol–water partition coefficient (Wildman–Crippen LogP) is 17.9. The molecule has 0 spiro atoms. The van der Waals surface area contributed by atoms with Gasteiger partial charge in [-0.2, -0.15) is 0 Å². The van der Waals surface area contributed by atoms with Crippen LogP contribution in [0.5, 0.6) is 0 Å². The average molecular weight is 1010 g/mol. The molecule has 70 heavy (non-hydrogen) atoms. The molecular formula is C61H119N2O6P. The van der Waals surface area contributed by atoms with Crippen LogP contribution < -0.4 is 10.2 Å². The second-order valence-electron chi connectivity index (χ2n) is 22.1. The summed E-state index contributed by atoms with van der Waals surface area (Å²) in [5, 5.41) is 13.9. The first-order chi connectivity index (χ1) is 34.0. The normalized spacial score (nSPS) is 14.1. The van der Waals surface area contributed by atoms with Crippen molar-refractivity contribution >= 4 is 13.7 Å². The molecule has 0 aromatic heterocycles. The molecular weight excluding hydrogens is 888 g/mol. The second kappa shape index (κ2) is 52.6. The molecule has 0 aliphatic rings. The van der Waals surface area contributed by atoms with Gasteiger partial charge in [-0.1, -0.05) is 275 Å². The number of aliphatic hydroxyl groups is 1. The Balaban J connectivity index is 3.78. The zero-order chi connectivity index (χ0) is 51.3. The summed E-state index contributed by atoms with van der Waals surface area (Å²) in [6, 6.07) is -0.796. The van der Waals surface area contributed by atoms with E-state index in [-0.39, 0.29) is 19.1 Å². The van der Waals surface area contributed by atoms with Crippen LogP contribution in [0.1, 0.15) is 296 Å². The monoisotopic (exact) mass is 1010 g/mol. The van der Waals surface area contributed by atoms with Gasteiger partial charge in [-0.15, -0.1) is 0 Å². The van der Waals surface area contributed by atoms with Crippen LogP contribution in [0.2, 0.25) is 0 Å². The summed E-state index contributed by atoms with van der Waals surface area (Å²) in [6.07, 6.45) is 68.0. The molecule has 0 fully saturated rings. The van der Waals surface area contributed by atoms with Gasteiger partial charge >= 0.3 is 0 Å². The molecule has 0 saturated carbocycles. The molecule has 9 heteroatoms. The molecule has 0 heterocycles. The fraction of sp³-hybridized carbons (Fsp3) is 0.885. The zero-order valence-corrected chi connectivity index (χ0v) is 48.1. The zero-order valence-electron chi connectivity index (χ0n) is 47.2. The van der Waals surface area contributed by atoms with Gasteiger partial charge in [0, 0.05) is 6.42 Å². The number of phosphoric ester groups is 1. The molecule has 1 amide bonds. The lowest BCUT2D eigenvalue weighted by Crippen LogP contribution is -2.46. The third-order valence-corrected chi connectivity index (χ3v) is 14.8. The largest absolute Gasteiger partial charge is 0.756 e. The topological polar surface area (TPSA) is 108 Å². The van der Waals surface area contributed by atoms with Gasteiger partial charge in [0.2, 0.25) is 5.91 Å². The molecule has 0 radical (unpaired) electrons. The van der Waals surface area contributed by atoms with Crippen LogP contribution in [0.25, 0.3) is 0 Å². The Labute approximate surface area is 436 Å². The van der Waals surface area contributed by atoms with Crippen LogP contribution in [0.15, 0.2) is 36.5 Å². The van der Waals surface area contributed by atoms with Crippen molar-refractivity contribution in [1.82, 2.24) is 5.32 Å². The molecule has 2 N–H and O–H groups in total. The number of likely N-dealkylation sites (N-methyl/N-ethyl adjacent to an activating group) is 1. The number of nitrogens with zero attached hydrogens (tertiary/aromatic N) is 1. The summed E-state index contributed by atoms with van der Waals surface area (Å²) in [7, 11) is 1.31. The van der Waals surface area contributed by atoms with E-state index >= 15 is 0 Å². The minimum atomic E-state index is -4.56. The van der Waals surface area contributed by atoms with Crippen molar-refractivity contribution < 1.29 is 32.9 Å². The fourth-order valence-corrected chi connectivity index (χ4v) is 9.83. The van der Waals surface area contributed by atoms with Crippen LogP contribution in [-0.2, 0) is 18.4 Å². The van der Waals surface area contributed by atoms with E-state index in [0.717, 1.165) is 51.4 Å². The van der Waals surface area contributed by atoms with Gasteiger partial charge in [0.15, 0.2) is 0 Å². The van der Waals surface area contributed by atoms with Gasteiger partial charge in [-0.3, -0.25) is 9.36 Å². The van der Waals surface area contributed by atoms with Crippen molar-refractivity contribution in [2.45, 2.75) is 309 Å². The van der Waals surface area contributed by atoms with E-state index in [1.807, 2.05) is 21.1 Å². The molecule has 414 valence electrons. The van der Waals surface area contributed by atoms with Crippen molar-refractivity contribution in [2.24, 2.45) is 0 Å². The summed E-state index contributed by atoms with van der Waals surface area (Å²) in [4.78, 5) is 25.4. The number of nitrogens with one attached hydrogen (secondary N) is 1. The van der Waals surface area contributed by atoms with E-state index in [1.165, 1.54) is 218 Å². The third-order valence-electron chi connectivity index (χ3n) is 13.9. The minimum Gasteiger partial charge on any atom is -0.756 e. The first-order valence-corrected chi connectivity index (χ1v) is 31.8. The number of hydrogen-bond acceptors (Lipinski definition) is 6. The van der Waals surface area contributed by atoms with E-state index in [0.29, 0.717) is 23.9 Å². The average Bonchev–Trinajstić information content (AvgIpc) is 3.32. The standard InChI is InChI=1S/C61H119N2O6P/c1-6-8-10-12-14-16-17-18-19-20-21-22-23-24-25-26-27-28-29-30-31-32-33-34-35-36-37-38-39-40-41-42-43-44-45-47-49-51-53-55-61(65)62-59(58-69-70(66,67)68-57-56-63(3,4)5)60(64)54-52-50-48-46-15-13-11-9-7-2/h17-18,20-21,23-24,59-60,64H,6-16,19,22,25-58H2,1-5H3,(H-,62,65,66,67)/b18-17-,21-20-,24-23-. The first-order valence-electron chi connectivity index (χ1n) is 30.3. The Bertz CT molecular complexity index is 1230. The van der Waals surface area contributed by atoms with E-state index in [4.69, 9.17) is 9.05 Å². The lowest BCUT2D eigenvalue weighted by molar-refractivity contribution is -0.870. The number of amides is 1. The quantitative estimate of drug-likeness (QED) is 0.0272. The maximum atomic E-state index is 12.9. The van der Waals surface area contributed by atoms with Gasteiger partial charge in [-0.25, -0.2) is 0 Å². The number of quaternary nitrogens is 1. The van der Waals surface area contributed by atoms with E-state index < -0.39 is 20.0 Å². The maximum Gasteiger partial charge on any atom is 0.268 e. The summed E-state index contributed by atoms with van der Waals surface area (Å²) in [5.41, 5.74) is 0. The predicted molar refractivity (Wildman–Crippen MR) is 302 cm³/mol. The number of carbonyl (C=O) groups excluding carboxylic acids is 1. The Morgan fingerprint density at radius 2 is 0.829 bits per heavy atom. The van der Waals surface area contributed by atoms with Gasteiger partial charge in [0.25, 0.3) is 7.82 Å². The Morgan fingerprint density at radius 3 is 1.20 bits per heavy atom. The Hall–Kier alpha value is -1.28. The summed E-state index contributed by atoms with van der Waals surface area (Å²) < 4.78 is 23.3. The van der Waals surface area contributed by atoms with E-state index in [1.54, 1.807) is 0 Å². The molecule has 0 aliphatic heterocycles. The third kappa shape index (κ3) is 54.5. The van der Waals surface area contributed by atoms with Gasteiger partial charge in [0.05, 0.1) is 39.9 Å². The van der Waals surface area contributed by atoms with E-state index in [9.17, 15) is 19.4 Å². The Kier molecular flexibility index (Phi) is 51.6. The number of carbonyl (C=O) groups is 1. The van der Waals surface area contributed by atoms with Crippen LogP contribution in [0.3, 0.4) is 0 Å². The number of phosphoric acid groups is 1. The highest BCUT2D eigenvalue weighted by Gasteiger charge is 2.24. The van der Waals surface area contributed by atoms with Crippen molar-refractivity contribution in [2.75, 3.05) is 40.9 Å². The minimum absolute atomic E-state index is 0.0139. The van der Waals surface area contributed by atoms with Crippen molar-refractivity contribution in [3.63, 3.8) is 0 Å². The molecule has 0 bridgehead atoms. The molecule has 0 aliphatic carbocycles. The molecule has 8 nitrogen and oxygen atoms in total. The smallest absolute Gasteiger partial charge is 0.268 e.